The molecule has 1 aromatic carbocycles. The lowest BCUT2D eigenvalue weighted by Crippen LogP contribution is -2.29. The fourth-order valence-corrected chi connectivity index (χ4v) is 3.35. The van der Waals surface area contributed by atoms with E-state index in [1.165, 1.54) is 24.6 Å². The van der Waals surface area contributed by atoms with Crippen LogP contribution in [0.15, 0.2) is 49.1 Å². The van der Waals surface area contributed by atoms with Crippen molar-refractivity contribution in [3.63, 3.8) is 0 Å². The van der Waals surface area contributed by atoms with Gasteiger partial charge in [-0.1, -0.05) is 12.1 Å². The molecule has 0 saturated carbocycles. The van der Waals surface area contributed by atoms with E-state index in [9.17, 15) is 9.59 Å². The summed E-state index contributed by atoms with van der Waals surface area (Å²) in [6, 6.07) is 11.1. The van der Waals surface area contributed by atoms with Crippen molar-refractivity contribution in [3.8, 4) is 5.69 Å². The molecule has 1 amide bonds. The topological polar surface area (TPSA) is 68.1 Å². The fraction of sp³-hybridized carbons (Fsp3) is 0.222. The Balaban J connectivity index is 1.75. The molecule has 2 heterocycles. The third kappa shape index (κ3) is 3.51. The van der Waals surface area contributed by atoms with Crippen LogP contribution in [-0.2, 0) is 0 Å². The molecule has 0 spiro atoms. The van der Waals surface area contributed by atoms with E-state index in [0.717, 1.165) is 11.3 Å². The summed E-state index contributed by atoms with van der Waals surface area (Å²) in [5, 5.41) is 4.10. The Labute approximate surface area is 149 Å². The van der Waals surface area contributed by atoms with E-state index in [1.807, 2.05) is 31.2 Å². The van der Waals surface area contributed by atoms with Gasteiger partial charge in [0.05, 0.1) is 21.5 Å². The van der Waals surface area contributed by atoms with Gasteiger partial charge in [0.2, 0.25) is 0 Å². The fourth-order valence-electron chi connectivity index (χ4n) is 2.46. The predicted molar refractivity (Wildman–Crippen MR) is 96.2 cm³/mol. The average molecular weight is 354 g/mol. The van der Waals surface area contributed by atoms with E-state index >= 15 is 0 Å². The number of ketones is 1. The van der Waals surface area contributed by atoms with Gasteiger partial charge in [0.15, 0.2) is 5.78 Å². The van der Waals surface area contributed by atoms with Gasteiger partial charge in [-0.05, 0) is 43.7 Å². The Bertz CT molecular complexity index is 884. The molecule has 0 aliphatic carbocycles. The van der Waals surface area contributed by atoms with Gasteiger partial charge in [-0.25, -0.2) is 9.67 Å². The van der Waals surface area contributed by atoms with E-state index in [0.29, 0.717) is 9.75 Å². The number of thiophene rings is 1. The molecule has 6 nitrogen and oxygen atoms in total. The summed E-state index contributed by atoms with van der Waals surface area (Å²) in [6.07, 6.45) is 3.12. The highest BCUT2D eigenvalue weighted by Crippen LogP contribution is 2.25. The van der Waals surface area contributed by atoms with Crippen LogP contribution in [0.1, 0.15) is 44.8 Å². The molecule has 3 rings (SSSR count). The maximum Gasteiger partial charge on any atom is 0.264 e. The third-order valence-corrected chi connectivity index (χ3v) is 5.30. The molecule has 0 bridgehead atoms. The van der Waals surface area contributed by atoms with Gasteiger partial charge in [-0.15, -0.1) is 11.3 Å². The van der Waals surface area contributed by atoms with Crippen LogP contribution in [0.3, 0.4) is 0 Å². The molecule has 0 fully saturated rings. The summed E-state index contributed by atoms with van der Waals surface area (Å²) in [4.78, 5) is 30.8. The zero-order valence-electron chi connectivity index (χ0n) is 14.2. The van der Waals surface area contributed by atoms with Gasteiger partial charge in [0.25, 0.3) is 5.91 Å². The van der Waals surface area contributed by atoms with E-state index < -0.39 is 0 Å². The van der Waals surface area contributed by atoms with Crippen molar-refractivity contribution in [3.05, 3.63) is 64.4 Å². The highest BCUT2D eigenvalue weighted by molar-refractivity contribution is 7.15. The molecule has 7 heteroatoms. The summed E-state index contributed by atoms with van der Waals surface area (Å²) in [6.45, 7) is 3.48. The van der Waals surface area contributed by atoms with Gasteiger partial charge in [0.1, 0.15) is 12.7 Å². The zero-order valence-corrected chi connectivity index (χ0v) is 15.0. The molecular weight excluding hydrogens is 336 g/mol. The van der Waals surface area contributed by atoms with Crippen molar-refractivity contribution in [2.24, 2.45) is 0 Å². The maximum absolute atomic E-state index is 12.7. The van der Waals surface area contributed by atoms with Crippen LogP contribution in [0.25, 0.3) is 5.69 Å². The first-order valence-corrected chi connectivity index (χ1v) is 8.62. The molecule has 128 valence electrons. The smallest absolute Gasteiger partial charge is 0.264 e. The molecule has 0 aliphatic rings. The van der Waals surface area contributed by atoms with E-state index in [-0.39, 0.29) is 17.7 Å². The summed E-state index contributed by atoms with van der Waals surface area (Å²) < 4.78 is 1.68. The minimum Gasteiger partial charge on any atom is -0.334 e. The van der Waals surface area contributed by atoms with Crippen molar-refractivity contribution in [1.82, 2.24) is 19.7 Å². The number of amides is 1. The van der Waals surface area contributed by atoms with Crippen molar-refractivity contribution in [1.29, 1.82) is 0 Å². The van der Waals surface area contributed by atoms with Crippen LogP contribution in [0.2, 0.25) is 0 Å². The first-order chi connectivity index (χ1) is 12.0. The number of carbonyl (C=O) groups excluding carboxylic acids is 2. The summed E-state index contributed by atoms with van der Waals surface area (Å²) in [5.41, 5.74) is 1.93. The van der Waals surface area contributed by atoms with E-state index in [2.05, 4.69) is 10.1 Å². The Kier molecular flexibility index (Phi) is 4.76. The Morgan fingerprint density at radius 3 is 2.36 bits per heavy atom. The minimum atomic E-state index is -0.0971. The van der Waals surface area contributed by atoms with Crippen molar-refractivity contribution in [2.45, 2.75) is 19.9 Å². The van der Waals surface area contributed by atoms with Gasteiger partial charge >= 0.3 is 0 Å². The standard InChI is InChI=1S/C18H18N4O2S/c1-12(14-4-6-15(7-5-14)22-11-19-10-20-22)21(3)18(24)17-9-8-16(25-17)13(2)23/h4-12H,1-3H3/t12-/m1/s1. The Hall–Kier alpha value is -2.80. The van der Waals surface area contributed by atoms with Crippen LogP contribution in [0, 0.1) is 0 Å². The average Bonchev–Trinajstić information content (AvgIpc) is 3.31. The molecule has 0 N–H and O–H groups in total. The number of Topliss-reactive ketones (excluding diaryl/α,β-unsaturated/α-hetero) is 1. The number of aromatic nitrogens is 3. The largest absolute Gasteiger partial charge is 0.334 e. The first kappa shape index (κ1) is 17.0. The molecule has 2 aromatic heterocycles. The van der Waals surface area contributed by atoms with Gasteiger partial charge in [0, 0.05) is 7.05 Å². The number of rotatable bonds is 5. The van der Waals surface area contributed by atoms with Crippen molar-refractivity contribution in [2.75, 3.05) is 7.05 Å². The van der Waals surface area contributed by atoms with Crippen LogP contribution in [-0.4, -0.2) is 38.4 Å². The molecule has 0 radical (unpaired) electrons. The quantitative estimate of drug-likeness (QED) is 0.659. The highest BCUT2D eigenvalue weighted by atomic mass is 32.1. The minimum absolute atomic E-state index is 0.0246. The number of hydrogen-bond donors (Lipinski definition) is 0. The monoisotopic (exact) mass is 354 g/mol. The van der Waals surface area contributed by atoms with Crippen LogP contribution in [0.4, 0.5) is 0 Å². The number of nitrogens with zero attached hydrogens (tertiary/aromatic N) is 4. The zero-order chi connectivity index (χ0) is 18.0. The van der Waals surface area contributed by atoms with Gasteiger partial charge in [-0.2, -0.15) is 5.10 Å². The highest BCUT2D eigenvalue weighted by Gasteiger charge is 2.21. The van der Waals surface area contributed by atoms with Crippen LogP contribution >= 0.6 is 11.3 Å². The second kappa shape index (κ2) is 6.98. The van der Waals surface area contributed by atoms with Gasteiger partial charge < -0.3 is 4.90 Å². The molecular formula is C18H18N4O2S. The second-order valence-electron chi connectivity index (χ2n) is 5.74. The third-order valence-electron chi connectivity index (χ3n) is 4.12. The molecule has 0 aliphatic heterocycles. The molecule has 25 heavy (non-hydrogen) atoms. The number of hydrogen-bond acceptors (Lipinski definition) is 5. The van der Waals surface area contributed by atoms with Gasteiger partial charge in [-0.3, -0.25) is 9.59 Å². The van der Waals surface area contributed by atoms with Crippen molar-refractivity contribution < 1.29 is 9.59 Å². The number of carbonyl (C=O) groups is 2. The molecule has 0 unspecified atom stereocenters. The van der Waals surface area contributed by atoms with Crippen LogP contribution < -0.4 is 0 Å². The Morgan fingerprint density at radius 1 is 1.12 bits per heavy atom. The Morgan fingerprint density at radius 2 is 1.80 bits per heavy atom. The van der Waals surface area contributed by atoms with Crippen molar-refractivity contribution >= 4 is 23.0 Å². The summed E-state index contributed by atoms with van der Waals surface area (Å²) >= 11 is 1.23. The lowest BCUT2D eigenvalue weighted by molar-refractivity contribution is 0.0747. The summed E-state index contributed by atoms with van der Waals surface area (Å²) in [7, 11) is 1.77. The molecule has 1 atom stereocenters. The van der Waals surface area contributed by atoms with E-state index in [4.69, 9.17) is 0 Å². The van der Waals surface area contributed by atoms with E-state index in [1.54, 1.807) is 35.1 Å². The predicted octanol–water partition coefficient (Wildman–Crippen LogP) is 3.36. The lowest BCUT2D eigenvalue weighted by atomic mass is 10.1. The normalized spacial score (nSPS) is 12.0. The SMILES string of the molecule is CC(=O)c1ccc(C(=O)N(C)[C@H](C)c2ccc(-n3cncn3)cc2)s1. The second-order valence-corrected chi connectivity index (χ2v) is 6.83. The van der Waals surface area contributed by atoms with Crippen LogP contribution in [0.5, 0.6) is 0 Å². The summed E-state index contributed by atoms with van der Waals surface area (Å²) in [5.74, 6) is -0.117. The lowest BCUT2D eigenvalue weighted by Gasteiger charge is -2.25. The number of benzene rings is 1. The molecule has 3 aromatic rings. The maximum atomic E-state index is 12.7. The molecule has 0 saturated heterocycles. The first-order valence-electron chi connectivity index (χ1n) is 7.80.